The zero-order valence-electron chi connectivity index (χ0n) is 8.89. The Morgan fingerprint density at radius 2 is 2.14 bits per heavy atom. The van der Waals surface area contributed by atoms with Crippen molar-refractivity contribution in [1.82, 2.24) is 0 Å². The summed E-state index contributed by atoms with van der Waals surface area (Å²) < 4.78 is 0. The fourth-order valence-corrected chi connectivity index (χ4v) is 2.20. The number of rotatable bonds is 1. The van der Waals surface area contributed by atoms with Gasteiger partial charge in [-0.1, -0.05) is 32.4 Å². The van der Waals surface area contributed by atoms with Gasteiger partial charge in [0, 0.05) is 22.7 Å². The molecule has 14 heavy (non-hydrogen) atoms. The molecule has 0 aromatic heterocycles. The van der Waals surface area contributed by atoms with E-state index in [1.165, 1.54) is 11.3 Å². The van der Waals surface area contributed by atoms with Crippen LogP contribution in [0.4, 0.5) is 5.69 Å². The van der Waals surface area contributed by atoms with Gasteiger partial charge in [-0.05, 0) is 29.7 Å². The van der Waals surface area contributed by atoms with Gasteiger partial charge < -0.3 is 5.32 Å². The van der Waals surface area contributed by atoms with Crippen LogP contribution in [0.1, 0.15) is 26.3 Å². The van der Waals surface area contributed by atoms with E-state index < -0.39 is 0 Å². The highest BCUT2D eigenvalue weighted by Crippen LogP contribution is 2.42. The van der Waals surface area contributed by atoms with Crippen LogP contribution in [0.3, 0.4) is 0 Å². The SMILES string of the molecule is CC(C)C1(C)CNc2ccc(Cl)cc21. The molecule has 0 saturated heterocycles. The Hall–Kier alpha value is -0.690. The molecule has 1 aliphatic rings. The second-order valence-electron chi connectivity index (χ2n) is 4.62. The molecule has 0 fully saturated rings. The molecule has 1 aromatic carbocycles. The highest BCUT2D eigenvalue weighted by Gasteiger charge is 2.37. The van der Waals surface area contributed by atoms with E-state index in [2.05, 4.69) is 38.2 Å². The standard InChI is InChI=1S/C12H16ClN/c1-8(2)12(3)7-14-11-5-4-9(13)6-10(11)12/h4-6,8,14H,7H2,1-3H3. The van der Waals surface area contributed by atoms with Crippen molar-refractivity contribution in [2.75, 3.05) is 11.9 Å². The van der Waals surface area contributed by atoms with Crippen molar-refractivity contribution < 1.29 is 0 Å². The predicted octanol–water partition coefficient (Wildman–Crippen LogP) is 3.68. The maximum atomic E-state index is 6.03. The minimum atomic E-state index is 0.222. The third-order valence-electron chi connectivity index (χ3n) is 3.52. The monoisotopic (exact) mass is 209 g/mol. The molecule has 1 aromatic rings. The van der Waals surface area contributed by atoms with Gasteiger partial charge in [-0.3, -0.25) is 0 Å². The molecule has 1 aliphatic heterocycles. The van der Waals surface area contributed by atoms with Crippen molar-refractivity contribution in [3.8, 4) is 0 Å². The number of halogens is 1. The van der Waals surface area contributed by atoms with E-state index in [-0.39, 0.29) is 5.41 Å². The fourth-order valence-electron chi connectivity index (χ4n) is 2.03. The van der Waals surface area contributed by atoms with Crippen LogP contribution >= 0.6 is 11.6 Å². The van der Waals surface area contributed by atoms with Gasteiger partial charge in [-0.2, -0.15) is 0 Å². The lowest BCUT2D eigenvalue weighted by molar-refractivity contribution is 0.371. The summed E-state index contributed by atoms with van der Waals surface area (Å²) >= 11 is 6.03. The van der Waals surface area contributed by atoms with Crippen molar-refractivity contribution >= 4 is 17.3 Å². The van der Waals surface area contributed by atoms with Crippen LogP contribution in [0.25, 0.3) is 0 Å². The maximum absolute atomic E-state index is 6.03. The van der Waals surface area contributed by atoms with Gasteiger partial charge in [-0.15, -0.1) is 0 Å². The number of hydrogen-bond donors (Lipinski definition) is 1. The molecule has 1 heterocycles. The average molecular weight is 210 g/mol. The molecule has 2 heteroatoms. The van der Waals surface area contributed by atoms with Gasteiger partial charge in [0.05, 0.1) is 0 Å². The van der Waals surface area contributed by atoms with Crippen molar-refractivity contribution in [2.45, 2.75) is 26.2 Å². The van der Waals surface area contributed by atoms with Gasteiger partial charge in [0.1, 0.15) is 0 Å². The highest BCUT2D eigenvalue weighted by molar-refractivity contribution is 6.30. The van der Waals surface area contributed by atoms with Crippen LogP contribution in [0.15, 0.2) is 18.2 Å². The minimum Gasteiger partial charge on any atom is -0.384 e. The largest absolute Gasteiger partial charge is 0.384 e. The summed E-state index contributed by atoms with van der Waals surface area (Å²) in [5, 5.41) is 4.27. The Morgan fingerprint density at radius 1 is 1.43 bits per heavy atom. The van der Waals surface area contributed by atoms with E-state index in [9.17, 15) is 0 Å². The van der Waals surface area contributed by atoms with Gasteiger partial charge >= 0.3 is 0 Å². The van der Waals surface area contributed by atoms with Gasteiger partial charge in [0.15, 0.2) is 0 Å². The topological polar surface area (TPSA) is 12.0 Å². The summed E-state index contributed by atoms with van der Waals surface area (Å²) in [6, 6.07) is 6.11. The number of benzene rings is 1. The number of nitrogens with one attached hydrogen (secondary N) is 1. The van der Waals surface area contributed by atoms with Crippen LogP contribution in [0.5, 0.6) is 0 Å². The first kappa shape index (κ1) is 9.85. The zero-order valence-corrected chi connectivity index (χ0v) is 9.65. The first-order valence-electron chi connectivity index (χ1n) is 5.08. The molecule has 0 amide bonds. The van der Waals surface area contributed by atoms with Crippen molar-refractivity contribution in [2.24, 2.45) is 5.92 Å². The van der Waals surface area contributed by atoms with Crippen LogP contribution in [0.2, 0.25) is 5.02 Å². The van der Waals surface area contributed by atoms with E-state index in [4.69, 9.17) is 11.6 Å². The Bertz CT molecular complexity index is 359. The molecule has 0 saturated carbocycles. The second-order valence-corrected chi connectivity index (χ2v) is 5.05. The van der Waals surface area contributed by atoms with Crippen LogP contribution in [-0.2, 0) is 5.41 Å². The molecule has 0 spiro atoms. The summed E-state index contributed by atoms with van der Waals surface area (Å²) in [5.41, 5.74) is 2.82. The molecule has 76 valence electrons. The van der Waals surface area contributed by atoms with Crippen molar-refractivity contribution in [3.05, 3.63) is 28.8 Å². The van der Waals surface area contributed by atoms with Crippen molar-refractivity contribution in [1.29, 1.82) is 0 Å². The Kier molecular flexibility index (Phi) is 2.23. The van der Waals surface area contributed by atoms with E-state index >= 15 is 0 Å². The molecule has 1 N–H and O–H groups in total. The minimum absolute atomic E-state index is 0.222. The second kappa shape index (κ2) is 3.16. The summed E-state index contributed by atoms with van der Waals surface area (Å²) in [5.74, 6) is 0.620. The highest BCUT2D eigenvalue weighted by atomic mass is 35.5. The Labute approximate surface area is 90.5 Å². The molecule has 2 rings (SSSR count). The Balaban J connectivity index is 2.52. The first-order chi connectivity index (χ1) is 6.54. The summed E-state index contributed by atoms with van der Waals surface area (Å²) in [6.07, 6.45) is 0. The lowest BCUT2D eigenvalue weighted by atomic mass is 9.75. The summed E-state index contributed by atoms with van der Waals surface area (Å²) in [4.78, 5) is 0. The van der Waals surface area contributed by atoms with E-state index in [0.717, 1.165) is 11.6 Å². The molecule has 1 unspecified atom stereocenters. The molecule has 0 bridgehead atoms. The summed E-state index contributed by atoms with van der Waals surface area (Å²) in [7, 11) is 0. The lowest BCUT2D eigenvalue weighted by Crippen LogP contribution is -2.30. The lowest BCUT2D eigenvalue weighted by Gasteiger charge is -2.28. The molecule has 0 aliphatic carbocycles. The molecule has 1 atom stereocenters. The normalized spacial score (nSPS) is 24.9. The number of anilines is 1. The van der Waals surface area contributed by atoms with E-state index in [1.807, 2.05) is 6.07 Å². The van der Waals surface area contributed by atoms with E-state index in [1.54, 1.807) is 0 Å². The Morgan fingerprint density at radius 3 is 2.79 bits per heavy atom. The van der Waals surface area contributed by atoms with E-state index in [0.29, 0.717) is 5.92 Å². The summed E-state index contributed by atoms with van der Waals surface area (Å²) in [6.45, 7) is 7.84. The molecule has 1 nitrogen and oxygen atoms in total. The smallest absolute Gasteiger partial charge is 0.0410 e. The third kappa shape index (κ3) is 1.31. The van der Waals surface area contributed by atoms with Gasteiger partial charge in [0.2, 0.25) is 0 Å². The third-order valence-corrected chi connectivity index (χ3v) is 3.75. The quantitative estimate of drug-likeness (QED) is 0.744. The van der Waals surface area contributed by atoms with Crippen LogP contribution in [-0.4, -0.2) is 6.54 Å². The van der Waals surface area contributed by atoms with Gasteiger partial charge in [-0.25, -0.2) is 0 Å². The maximum Gasteiger partial charge on any atom is 0.0410 e. The number of fused-ring (bicyclic) bond motifs is 1. The van der Waals surface area contributed by atoms with Crippen LogP contribution in [0, 0.1) is 5.92 Å². The average Bonchev–Trinajstić information content (AvgIpc) is 2.46. The predicted molar refractivity (Wildman–Crippen MR) is 62.1 cm³/mol. The van der Waals surface area contributed by atoms with Crippen molar-refractivity contribution in [3.63, 3.8) is 0 Å². The zero-order chi connectivity index (χ0) is 10.3. The number of hydrogen-bond acceptors (Lipinski definition) is 1. The van der Waals surface area contributed by atoms with Gasteiger partial charge in [0.25, 0.3) is 0 Å². The molecular weight excluding hydrogens is 194 g/mol. The molecule has 0 radical (unpaired) electrons. The molecular formula is C12H16ClN. The first-order valence-corrected chi connectivity index (χ1v) is 5.46. The fraction of sp³-hybridized carbons (Fsp3) is 0.500. The van der Waals surface area contributed by atoms with Crippen LogP contribution < -0.4 is 5.32 Å².